The van der Waals surface area contributed by atoms with E-state index in [4.69, 9.17) is 0 Å². The van der Waals surface area contributed by atoms with Crippen molar-refractivity contribution < 1.29 is 0 Å². The number of aromatic amines is 2. The van der Waals surface area contributed by atoms with Crippen molar-refractivity contribution in [3.8, 4) is 0 Å². The van der Waals surface area contributed by atoms with Crippen LogP contribution in [0.1, 0.15) is 27.2 Å². The zero-order valence-corrected chi connectivity index (χ0v) is 9.26. The van der Waals surface area contributed by atoms with Crippen LogP contribution in [0.5, 0.6) is 0 Å². The average molecular weight is 208 g/mol. The highest BCUT2D eigenvalue weighted by molar-refractivity contribution is 5.21. The summed E-state index contributed by atoms with van der Waals surface area (Å²) >= 11 is 0. The zero-order valence-electron chi connectivity index (χ0n) is 9.26. The van der Waals surface area contributed by atoms with Crippen LogP contribution in [0.3, 0.4) is 0 Å². The number of hydrogen-bond acceptors (Lipinski definition) is 2. The van der Waals surface area contributed by atoms with E-state index in [2.05, 4.69) is 9.97 Å². The minimum atomic E-state index is -0.247. The van der Waals surface area contributed by atoms with Crippen LogP contribution in [0.15, 0.2) is 9.59 Å². The standard InChI is InChI=1S/C11H16N2O2/c1-4-5-8-10(14)13-9(6-7(2)3)11(15)12-8/h5-7H,4H2,1-3H3,(H,12,15)(H,13,14)/b8-5+,9-6+. The van der Waals surface area contributed by atoms with E-state index >= 15 is 0 Å². The van der Waals surface area contributed by atoms with Gasteiger partial charge in [-0.05, 0) is 12.3 Å². The normalized spacial score (nSPS) is 13.9. The molecule has 0 unspecified atom stereocenters. The van der Waals surface area contributed by atoms with Gasteiger partial charge in [0.2, 0.25) is 0 Å². The van der Waals surface area contributed by atoms with E-state index in [0.29, 0.717) is 17.1 Å². The maximum absolute atomic E-state index is 11.5. The molecule has 0 spiro atoms. The van der Waals surface area contributed by atoms with Gasteiger partial charge in [-0.3, -0.25) is 9.59 Å². The summed E-state index contributed by atoms with van der Waals surface area (Å²) in [5.41, 5.74) is -0.494. The molecule has 0 bridgehead atoms. The number of H-pyrrole nitrogens is 2. The molecule has 4 nitrogen and oxygen atoms in total. The van der Waals surface area contributed by atoms with Crippen molar-refractivity contribution in [1.82, 2.24) is 9.97 Å². The molecule has 0 fully saturated rings. The summed E-state index contributed by atoms with van der Waals surface area (Å²) < 4.78 is 0. The lowest BCUT2D eigenvalue weighted by Crippen LogP contribution is -2.46. The van der Waals surface area contributed by atoms with Gasteiger partial charge in [-0.1, -0.05) is 32.9 Å². The Morgan fingerprint density at radius 2 is 1.67 bits per heavy atom. The van der Waals surface area contributed by atoms with Gasteiger partial charge in [0.05, 0.1) is 0 Å². The fourth-order valence-electron chi connectivity index (χ4n) is 1.29. The summed E-state index contributed by atoms with van der Waals surface area (Å²) in [6, 6.07) is 0. The van der Waals surface area contributed by atoms with Gasteiger partial charge >= 0.3 is 0 Å². The van der Waals surface area contributed by atoms with Gasteiger partial charge in [-0.25, -0.2) is 0 Å². The quantitative estimate of drug-likeness (QED) is 0.700. The molecule has 1 aromatic rings. The number of aromatic nitrogens is 2. The molecule has 0 saturated carbocycles. The molecule has 0 saturated heterocycles. The van der Waals surface area contributed by atoms with Crippen molar-refractivity contribution in [2.24, 2.45) is 5.92 Å². The molecular formula is C11H16N2O2. The molecule has 2 N–H and O–H groups in total. The van der Waals surface area contributed by atoms with Crippen LogP contribution in [0, 0.1) is 5.92 Å². The molecule has 15 heavy (non-hydrogen) atoms. The lowest BCUT2D eigenvalue weighted by molar-refractivity contribution is 0.866. The van der Waals surface area contributed by atoms with Gasteiger partial charge in [0.15, 0.2) is 0 Å². The van der Waals surface area contributed by atoms with Crippen molar-refractivity contribution in [3.05, 3.63) is 31.4 Å². The Hall–Kier alpha value is -1.58. The Morgan fingerprint density at radius 1 is 1.13 bits per heavy atom. The monoisotopic (exact) mass is 208 g/mol. The average Bonchev–Trinajstić information content (AvgIpc) is 2.13. The number of rotatable bonds is 2. The first-order chi connectivity index (χ1) is 7.04. The fourth-order valence-corrected chi connectivity index (χ4v) is 1.29. The van der Waals surface area contributed by atoms with Gasteiger partial charge in [-0.15, -0.1) is 0 Å². The molecule has 1 aromatic heterocycles. The summed E-state index contributed by atoms with van der Waals surface area (Å²) in [5, 5.41) is 0.673. The van der Waals surface area contributed by atoms with Crippen molar-refractivity contribution in [3.63, 3.8) is 0 Å². The van der Waals surface area contributed by atoms with Gasteiger partial charge in [0.25, 0.3) is 11.1 Å². The Morgan fingerprint density at radius 3 is 2.20 bits per heavy atom. The van der Waals surface area contributed by atoms with Crippen LogP contribution >= 0.6 is 0 Å². The first kappa shape index (κ1) is 11.5. The van der Waals surface area contributed by atoms with E-state index < -0.39 is 0 Å². The molecule has 0 atom stereocenters. The SMILES string of the molecule is CC/C=c1/[nH]c(=O)/c(=C\C(C)C)[nH]c1=O. The highest BCUT2D eigenvalue weighted by atomic mass is 16.1. The first-order valence-corrected chi connectivity index (χ1v) is 5.09. The maximum Gasteiger partial charge on any atom is 0.271 e. The second-order valence-corrected chi connectivity index (χ2v) is 3.76. The second kappa shape index (κ2) is 4.77. The van der Waals surface area contributed by atoms with E-state index in [1.54, 1.807) is 12.2 Å². The lowest BCUT2D eigenvalue weighted by Gasteiger charge is -1.93. The van der Waals surface area contributed by atoms with Gasteiger partial charge in [-0.2, -0.15) is 0 Å². The van der Waals surface area contributed by atoms with Crippen LogP contribution in [0.25, 0.3) is 12.2 Å². The van der Waals surface area contributed by atoms with Crippen LogP contribution in [-0.2, 0) is 0 Å². The topological polar surface area (TPSA) is 65.7 Å². The summed E-state index contributed by atoms with van der Waals surface area (Å²) in [6.45, 7) is 5.81. The van der Waals surface area contributed by atoms with E-state index in [-0.39, 0.29) is 17.0 Å². The first-order valence-electron chi connectivity index (χ1n) is 5.09. The van der Waals surface area contributed by atoms with Crippen LogP contribution in [0.4, 0.5) is 0 Å². The molecule has 0 aliphatic rings. The van der Waals surface area contributed by atoms with E-state index in [1.165, 1.54) is 0 Å². The van der Waals surface area contributed by atoms with E-state index in [9.17, 15) is 9.59 Å². The van der Waals surface area contributed by atoms with Crippen molar-refractivity contribution >= 4 is 12.2 Å². The maximum atomic E-state index is 11.5. The van der Waals surface area contributed by atoms with E-state index in [0.717, 1.165) is 0 Å². The number of hydrogen-bond donors (Lipinski definition) is 2. The molecule has 4 heteroatoms. The third-order valence-electron chi connectivity index (χ3n) is 1.89. The predicted molar refractivity (Wildman–Crippen MR) is 61.0 cm³/mol. The molecule has 82 valence electrons. The molecule has 1 rings (SSSR count). The predicted octanol–water partition coefficient (Wildman–Crippen LogP) is -0.310. The summed E-state index contributed by atoms with van der Waals surface area (Å²) in [5.74, 6) is 0.225. The third kappa shape index (κ3) is 2.94. The largest absolute Gasteiger partial charge is 0.316 e. The van der Waals surface area contributed by atoms with Crippen molar-refractivity contribution in [2.75, 3.05) is 0 Å². The van der Waals surface area contributed by atoms with Crippen LogP contribution < -0.4 is 21.8 Å². The van der Waals surface area contributed by atoms with Crippen molar-refractivity contribution in [1.29, 1.82) is 0 Å². The number of nitrogens with one attached hydrogen (secondary N) is 2. The Kier molecular flexibility index (Phi) is 3.66. The van der Waals surface area contributed by atoms with E-state index in [1.807, 2.05) is 20.8 Å². The summed E-state index contributed by atoms with van der Waals surface area (Å²) in [7, 11) is 0. The third-order valence-corrected chi connectivity index (χ3v) is 1.89. The Labute approximate surface area is 87.4 Å². The molecule has 1 heterocycles. The highest BCUT2D eigenvalue weighted by Gasteiger charge is 1.95. The smallest absolute Gasteiger partial charge is 0.271 e. The van der Waals surface area contributed by atoms with Crippen LogP contribution in [-0.4, -0.2) is 9.97 Å². The Balaban J connectivity index is 3.54. The lowest BCUT2D eigenvalue weighted by atomic mass is 10.2. The van der Waals surface area contributed by atoms with Crippen molar-refractivity contribution in [2.45, 2.75) is 27.2 Å². The van der Waals surface area contributed by atoms with Gasteiger partial charge in [0.1, 0.15) is 10.7 Å². The zero-order chi connectivity index (χ0) is 11.4. The summed E-state index contributed by atoms with van der Waals surface area (Å²) in [4.78, 5) is 28.2. The minimum Gasteiger partial charge on any atom is -0.316 e. The molecular weight excluding hydrogens is 192 g/mol. The Bertz CT molecular complexity index is 549. The molecule has 0 aliphatic heterocycles. The minimum absolute atomic E-state index is 0.225. The van der Waals surface area contributed by atoms with Crippen LogP contribution in [0.2, 0.25) is 0 Å². The second-order valence-electron chi connectivity index (χ2n) is 3.76. The molecule has 0 aliphatic carbocycles. The molecule has 0 aromatic carbocycles. The summed E-state index contributed by atoms with van der Waals surface area (Å²) in [6.07, 6.45) is 4.14. The molecule has 0 amide bonds. The molecule has 0 radical (unpaired) electrons. The highest BCUT2D eigenvalue weighted by Crippen LogP contribution is 1.89. The van der Waals surface area contributed by atoms with Gasteiger partial charge in [0, 0.05) is 0 Å². The van der Waals surface area contributed by atoms with Gasteiger partial charge < -0.3 is 9.97 Å². The fraction of sp³-hybridized carbons (Fsp3) is 0.455.